The average molecular weight is 680 g/mol. The molecule has 6 aliphatic carbocycles. The highest BCUT2D eigenvalue weighted by atomic mass is 16.5. The lowest BCUT2D eigenvalue weighted by molar-refractivity contribution is -0.250. The molecule has 0 bridgehead atoms. The molecule has 0 amide bonds. The summed E-state index contributed by atoms with van der Waals surface area (Å²) >= 11 is 0. The van der Waals surface area contributed by atoms with Crippen molar-refractivity contribution >= 4 is 11.9 Å². The molecule has 278 valence electrons. The first-order chi connectivity index (χ1) is 22.8. The second-order valence-corrected chi connectivity index (χ2v) is 20.8. The van der Waals surface area contributed by atoms with Gasteiger partial charge in [0.25, 0.3) is 0 Å². The van der Waals surface area contributed by atoms with E-state index in [1.165, 1.54) is 95.7 Å². The Hall–Kier alpha value is -1.36. The van der Waals surface area contributed by atoms with Gasteiger partial charge < -0.3 is 14.7 Å². The van der Waals surface area contributed by atoms with E-state index in [-0.39, 0.29) is 35.7 Å². The molecule has 10 atom stereocenters. The van der Waals surface area contributed by atoms with Crippen molar-refractivity contribution in [3.63, 3.8) is 0 Å². The molecule has 6 rings (SSSR count). The number of nitrogens with zero attached hydrogens (tertiary/aromatic N) is 1. The molecule has 0 saturated heterocycles. The number of rotatable bonds is 12. The Balaban J connectivity index is 1.22. The molecule has 0 unspecified atom stereocenters. The number of allylic oxidation sites excluding steroid dienone is 1. The lowest BCUT2D eigenvalue weighted by Crippen LogP contribution is -2.66. The summed E-state index contributed by atoms with van der Waals surface area (Å²) in [6, 6.07) is 0.860. The van der Waals surface area contributed by atoms with Gasteiger partial charge in [-0.2, -0.15) is 0 Å². The number of carbonyl (C=O) groups is 2. The Labute approximate surface area is 300 Å². The molecule has 0 aromatic rings. The standard InChI is InChI=1S/C44H73NO4/c1-11-25-45(30-12-13-30)26-24-44-21-16-31(29(2)3)38(44)32-14-15-34-41(8)19-18-35(49-37(48)28-39(4,5)27-36(46)47)40(6,7)33(41)17-20-43(34,10)42(32,9)22-23-44/h30-35,38H,2,11-28H2,1,3-10H3,(H,46,47)/t31-,32+,33-,34+,35-,38+,41-,42+,43+,44+/m0/s1. The number of carboxylic acid groups (broad SMARTS) is 1. The fourth-order valence-electron chi connectivity index (χ4n) is 14.5. The molecule has 0 spiro atoms. The molecule has 0 aromatic heterocycles. The van der Waals surface area contributed by atoms with E-state index in [0.717, 1.165) is 30.7 Å². The summed E-state index contributed by atoms with van der Waals surface area (Å²) in [6.45, 7) is 28.5. The van der Waals surface area contributed by atoms with Gasteiger partial charge >= 0.3 is 11.9 Å². The van der Waals surface area contributed by atoms with Gasteiger partial charge in [0.15, 0.2) is 0 Å². The quantitative estimate of drug-likeness (QED) is 0.164. The fraction of sp³-hybridized carbons (Fsp3) is 0.909. The average Bonchev–Trinajstić information content (AvgIpc) is 3.76. The second-order valence-electron chi connectivity index (χ2n) is 20.8. The van der Waals surface area contributed by atoms with Crippen molar-refractivity contribution in [3.05, 3.63) is 12.2 Å². The van der Waals surface area contributed by atoms with Gasteiger partial charge in [-0.05, 0) is 167 Å². The summed E-state index contributed by atoms with van der Waals surface area (Å²) in [5, 5.41) is 9.35. The maximum Gasteiger partial charge on any atom is 0.306 e. The lowest BCUT2D eigenvalue weighted by Gasteiger charge is -2.73. The Morgan fingerprint density at radius 3 is 2.18 bits per heavy atom. The summed E-state index contributed by atoms with van der Waals surface area (Å²) < 4.78 is 6.31. The van der Waals surface area contributed by atoms with Crippen LogP contribution in [0.2, 0.25) is 0 Å². The van der Waals surface area contributed by atoms with E-state index < -0.39 is 11.4 Å². The first kappa shape index (κ1) is 37.4. The summed E-state index contributed by atoms with van der Waals surface area (Å²) in [4.78, 5) is 27.5. The van der Waals surface area contributed by atoms with Gasteiger partial charge in [0.2, 0.25) is 0 Å². The minimum Gasteiger partial charge on any atom is -0.481 e. The number of aliphatic carboxylic acids is 1. The molecule has 0 aliphatic heterocycles. The third kappa shape index (κ3) is 6.28. The molecular formula is C44H73NO4. The van der Waals surface area contributed by atoms with Crippen molar-refractivity contribution in [2.24, 2.45) is 62.1 Å². The van der Waals surface area contributed by atoms with Crippen LogP contribution >= 0.6 is 0 Å². The van der Waals surface area contributed by atoms with E-state index in [0.29, 0.717) is 34.0 Å². The van der Waals surface area contributed by atoms with Gasteiger partial charge in [0.1, 0.15) is 6.10 Å². The third-order valence-corrected chi connectivity index (χ3v) is 17.2. The molecule has 6 saturated carbocycles. The molecule has 5 nitrogen and oxygen atoms in total. The molecule has 0 aromatic carbocycles. The van der Waals surface area contributed by atoms with Crippen LogP contribution in [0.4, 0.5) is 0 Å². The number of esters is 1. The summed E-state index contributed by atoms with van der Waals surface area (Å²) in [7, 11) is 0. The molecule has 6 fully saturated rings. The topological polar surface area (TPSA) is 66.8 Å². The summed E-state index contributed by atoms with van der Waals surface area (Å²) in [5.74, 6) is 2.36. The minimum absolute atomic E-state index is 0.0241. The lowest BCUT2D eigenvalue weighted by atomic mass is 9.32. The summed E-state index contributed by atoms with van der Waals surface area (Å²) in [5.41, 5.74) is 2.12. The van der Waals surface area contributed by atoms with E-state index in [4.69, 9.17) is 4.74 Å². The minimum atomic E-state index is -0.862. The second kappa shape index (κ2) is 12.9. The van der Waals surface area contributed by atoms with Crippen molar-refractivity contribution in [3.8, 4) is 0 Å². The van der Waals surface area contributed by atoms with E-state index in [9.17, 15) is 14.7 Å². The molecule has 0 radical (unpaired) electrons. The van der Waals surface area contributed by atoms with Gasteiger partial charge in [0, 0.05) is 11.5 Å². The van der Waals surface area contributed by atoms with Crippen LogP contribution in [0.1, 0.15) is 165 Å². The first-order valence-electron chi connectivity index (χ1n) is 20.6. The van der Waals surface area contributed by atoms with Gasteiger partial charge in [0.05, 0.1) is 12.8 Å². The normalized spacial score (nSPS) is 42.8. The van der Waals surface area contributed by atoms with Crippen LogP contribution in [-0.2, 0) is 14.3 Å². The van der Waals surface area contributed by atoms with Crippen LogP contribution < -0.4 is 0 Å². The first-order valence-corrected chi connectivity index (χ1v) is 20.6. The van der Waals surface area contributed by atoms with E-state index in [1.807, 2.05) is 13.8 Å². The zero-order valence-electron chi connectivity index (χ0n) is 33.1. The van der Waals surface area contributed by atoms with Gasteiger partial charge in [-0.3, -0.25) is 9.59 Å². The van der Waals surface area contributed by atoms with Crippen molar-refractivity contribution in [2.45, 2.75) is 177 Å². The highest BCUT2D eigenvalue weighted by Crippen LogP contribution is 2.78. The highest BCUT2D eigenvalue weighted by Gasteiger charge is 2.71. The monoisotopic (exact) mass is 680 g/mol. The molecule has 0 heterocycles. The Morgan fingerprint density at radius 1 is 0.837 bits per heavy atom. The van der Waals surface area contributed by atoms with Crippen LogP contribution in [0, 0.1) is 62.1 Å². The third-order valence-electron chi connectivity index (χ3n) is 17.2. The predicted octanol–water partition coefficient (Wildman–Crippen LogP) is 10.7. The zero-order valence-corrected chi connectivity index (χ0v) is 33.1. The van der Waals surface area contributed by atoms with Crippen molar-refractivity contribution in [1.29, 1.82) is 0 Å². The van der Waals surface area contributed by atoms with Crippen LogP contribution in [0.3, 0.4) is 0 Å². The Kier molecular flexibility index (Phi) is 9.88. The summed E-state index contributed by atoms with van der Waals surface area (Å²) in [6.07, 6.45) is 18.3. The SMILES string of the molecule is C=C(C)[C@@H]1CC[C@]2(CCN(CCC)C3CC3)CC[C@]3(C)[C@H](CC[C@@H]4[C@@]5(C)CC[C@H](OC(=O)CC(C)(C)CC(=O)O)C(C)(C)[C@@H]5CC[C@]43C)[C@@H]12. The van der Waals surface area contributed by atoms with E-state index >= 15 is 0 Å². The fourth-order valence-corrected chi connectivity index (χ4v) is 14.5. The van der Waals surface area contributed by atoms with E-state index in [1.54, 1.807) is 0 Å². The van der Waals surface area contributed by atoms with Crippen molar-refractivity contribution in [2.75, 3.05) is 13.1 Å². The number of fused-ring (bicyclic) bond motifs is 7. The number of carboxylic acids is 1. The molecule has 5 heteroatoms. The molecule has 1 N–H and O–H groups in total. The maximum absolute atomic E-state index is 13.2. The predicted molar refractivity (Wildman–Crippen MR) is 199 cm³/mol. The number of carbonyl (C=O) groups excluding carboxylic acids is 1. The largest absolute Gasteiger partial charge is 0.481 e. The van der Waals surface area contributed by atoms with Crippen LogP contribution in [0.25, 0.3) is 0 Å². The van der Waals surface area contributed by atoms with Crippen LogP contribution in [0.15, 0.2) is 12.2 Å². The zero-order chi connectivity index (χ0) is 35.8. The maximum atomic E-state index is 13.2. The highest BCUT2D eigenvalue weighted by molar-refractivity contribution is 5.73. The van der Waals surface area contributed by atoms with Crippen LogP contribution in [-0.4, -0.2) is 47.2 Å². The van der Waals surface area contributed by atoms with E-state index in [2.05, 4.69) is 59.9 Å². The Bertz CT molecular complexity index is 1280. The molecule has 49 heavy (non-hydrogen) atoms. The number of hydrogen-bond acceptors (Lipinski definition) is 4. The van der Waals surface area contributed by atoms with Gasteiger partial charge in [-0.15, -0.1) is 0 Å². The van der Waals surface area contributed by atoms with Crippen molar-refractivity contribution in [1.82, 2.24) is 4.90 Å². The van der Waals surface area contributed by atoms with Crippen LogP contribution in [0.5, 0.6) is 0 Å². The smallest absolute Gasteiger partial charge is 0.306 e. The Morgan fingerprint density at radius 2 is 1.55 bits per heavy atom. The number of ether oxygens (including phenoxy) is 1. The van der Waals surface area contributed by atoms with Crippen molar-refractivity contribution < 1.29 is 19.4 Å². The van der Waals surface area contributed by atoms with Gasteiger partial charge in [-0.1, -0.05) is 67.5 Å². The number of hydrogen-bond donors (Lipinski definition) is 1. The molecular weight excluding hydrogens is 606 g/mol. The van der Waals surface area contributed by atoms with Gasteiger partial charge in [-0.25, -0.2) is 0 Å². The molecule has 6 aliphatic rings.